The number of rotatable bonds is 6. The fourth-order valence-electron chi connectivity index (χ4n) is 3.33. The van der Waals surface area contributed by atoms with Crippen molar-refractivity contribution in [1.29, 1.82) is 5.26 Å². The molecule has 0 aromatic rings. The molecule has 1 heterocycles. The van der Waals surface area contributed by atoms with E-state index in [1.807, 2.05) is 6.07 Å². The molecule has 2 aliphatic rings. The summed E-state index contributed by atoms with van der Waals surface area (Å²) >= 11 is 0. The minimum Gasteiger partial charge on any atom is -0.454 e. The molecule has 3 amide bonds. The highest BCUT2D eigenvalue weighted by atomic mass is 16.5. The first-order chi connectivity index (χ1) is 12.2. The van der Waals surface area contributed by atoms with Crippen molar-refractivity contribution in [3.63, 3.8) is 0 Å². The Bertz CT molecular complexity index is 630. The van der Waals surface area contributed by atoms with E-state index in [0.717, 1.165) is 17.7 Å². The third kappa shape index (κ3) is 4.03. The van der Waals surface area contributed by atoms with E-state index in [0.29, 0.717) is 12.8 Å². The third-order valence-electron chi connectivity index (χ3n) is 5.37. The molecule has 0 radical (unpaired) electrons. The van der Waals surface area contributed by atoms with Crippen LogP contribution in [-0.2, 0) is 23.9 Å². The number of ether oxygens (including phenoxy) is 1. The molecule has 0 spiro atoms. The van der Waals surface area contributed by atoms with Crippen LogP contribution in [0.2, 0.25) is 0 Å². The predicted octanol–water partition coefficient (Wildman–Crippen LogP) is 0.759. The maximum atomic E-state index is 12.3. The minimum atomic E-state index is -1.07. The summed E-state index contributed by atoms with van der Waals surface area (Å²) in [6, 6.07) is 2.03. The molecule has 142 valence electrons. The normalized spacial score (nSPS) is 24.7. The Morgan fingerprint density at radius 3 is 2.27 bits per heavy atom. The van der Waals surface area contributed by atoms with Crippen LogP contribution in [0.4, 0.5) is 0 Å². The summed E-state index contributed by atoms with van der Waals surface area (Å²) in [5.74, 6) is -2.84. The Hall–Kier alpha value is -2.43. The second kappa shape index (κ2) is 7.85. The number of imide groups is 1. The number of carbonyl (C=O) groups excluding carboxylic acids is 4. The van der Waals surface area contributed by atoms with Crippen LogP contribution in [0.5, 0.6) is 0 Å². The Kier molecular flexibility index (Phi) is 6.01. The Balaban J connectivity index is 1.85. The quantitative estimate of drug-likeness (QED) is 0.550. The van der Waals surface area contributed by atoms with E-state index in [1.165, 1.54) is 0 Å². The molecule has 8 heteroatoms. The standard InChI is InChI=1S/C18H25N3O5/c1-11(2)18(3,10-19)20-14(22)9-26-15(23)8-21-16(24)12-6-4-5-7-13(12)17(21)25/h11-13H,4-9H2,1-3H3,(H,20,22)/t12-,13+,18-/m0/s1. The van der Waals surface area contributed by atoms with Crippen molar-refractivity contribution in [3.8, 4) is 6.07 Å². The number of esters is 1. The topological polar surface area (TPSA) is 117 Å². The van der Waals surface area contributed by atoms with Crippen molar-refractivity contribution in [2.45, 2.75) is 52.0 Å². The molecule has 0 aromatic carbocycles. The first-order valence-electron chi connectivity index (χ1n) is 8.92. The van der Waals surface area contributed by atoms with Gasteiger partial charge in [0.15, 0.2) is 6.61 Å². The third-order valence-corrected chi connectivity index (χ3v) is 5.37. The molecular weight excluding hydrogens is 338 g/mol. The molecular formula is C18H25N3O5. The zero-order valence-corrected chi connectivity index (χ0v) is 15.4. The van der Waals surface area contributed by atoms with Crippen LogP contribution in [-0.4, -0.2) is 47.3 Å². The molecule has 26 heavy (non-hydrogen) atoms. The molecule has 3 atom stereocenters. The number of likely N-dealkylation sites (tertiary alicyclic amines) is 1. The number of hydrogen-bond acceptors (Lipinski definition) is 6. The molecule has 2 fully saturated rings. The van der Waals surface area contributed by atoms with Gasteiger partial charge in [0.05, 0.1) is 17.9 Å². The maximum absolute atomic E-state index is 12.3. The van der Waals surface area contributed by atoms with Gasteiger partial charge in [-0.25, -0.2) is 0 Å². The van der Waals surface area contributed by atoms with Crippen LogP contribution in [0.25, 0.3) is 0 Å². The summed E-state index contributed by atoms with van der Waals surface area (Å²) in [6.45, 7) is 4.13. The largest absolute Gasteiger partial charge is 0.454 e. The van der Waals surface area contributed by atoms with Crippen molar-refractivity contribution in [3.05, 3.63) is 0 Å². The van der Waals surface area contributed by atoms with E-state index in [9.17, 15) is 24.4 Å². The van der Waals surface area contributed by atoms with Crippen LogP contribution in [0.3, 0.4) is 0 Å². The highest BCUT2D eigenvalue weighted by molar-refractivity contribution is 6.07. The average molecular weight is 363 g/mol. The van der Waals surface area contributed by atoms with E-state index >= 15 is 0 Å². The lowest BCUT2D eigenvalue weighted by atomic mass is 9.81. The van der Waals surface area contributed by atoms with Gasteiger partial charge in [-0.2, -0.15) is 5.26 Å². The van der Waals surface area contributed by atoms with E-state index in [1.54, 1.807) is 20.8 Å². The lowest BCUT2D eigenvalue weighted by Gasteiger charge is -2.27. The zero-order chi connectivity index (χ0) is 19.5. The predicted molar refractivity (Wildman–Crippen MR) is 90.1 cm³/mol. The highest BCUT2D eigenvalue weighted by Crippen LogP contribution is 2.37. The lowest BCUT2D eigenvalue weighted by Crippen LogP contribution is -2.50. The molecule has 0 bridgehead atoms. The molecule has 1 saturated carbocycles. The van der Waals surface area contributed by atoms with E-state index in [-0.39, 0.29) is 29.6 Å². The van der Waals surface area contributed by atoms with Crippen LogP contribution < -0.4 is 5.32 Å². The SMILES string of the molecule is CC(C)[C@](C)(C#N)NC(=O)COC(=O)CN1C(=O)[C@H]2CCCC[C@H]2C1=O. The van der Waals surface area contributed by atoms with E-state index < -0.39 is 30.6 Å². The average Bonchev–Trinajstić information content (AvgIpc) is 2.85. The van der Waals surface area contributed by atoms with Crippen molar-refractivity contribution in [1.82, 2.24) is 10.2 Å². The second-order valence-corrected chi connectivity index (χ2v) is 7.44. The van der Waals surface area contributed by atoms with E-state index in [4.69, 9.17) is 4.74 Å². The Labute approximate surface area is 152 Å². The van der Waals surface area contributed by atoms with Gasteiger partial charge in [0, 0.05) is 0 Å². The summed E-state index contributed by atoms with van der Waals surface area (Å²) in [5, 5.41) is 11.7. The number of nitrogens with zero attached hydrogens (tertiary/aromatic N) is 2. The molecule has 1 N–H and O–H groups in total. The van der Waals surface area contributed by atoms with Gasteiger partial charge >= 0.3 is 5.97 Å². The zero-order valence-electron chi connectivity index (χ0n) is 15.4. The molecule has 2 rings (SSSR count). The minimum absolute atomic E-state index is 0.129. The van der Waals surface area contributed by atoms with Gasteiger partial charge in [0.2, 0.25) is 11.8 Å². The van der Waals surface area contributed by atoms with Gasteiger partial charge in [-0.3, -0.25) is 24.1 Å². The summed E-state index contributed by atoms with van der Waals surface area (Å²) in [7, 11) is 0. The van der Waals surface area contributed by atoms with Gasteiger partial charge in [-0.1, -0.05) is 26.7 Å². The van der Waals surface area contributed by atoms with Crippen molar-refractivity contribution in [2.75, 3.05) is 13.2 Å². The van der Waals surface area contributed by atoms with Crippen LogP contribution in [0.1, 0.15) is 46.5 Å². The van der Waals surface area contributed by atoms with Crippen LogP contribution in [0.15, 0.2) is 0 Å². The number of hydrogen-bond donors (Lipinski definition) is 1. The summed E-state index contributed by atoms with van der Waals surface area (Å²) in [5.41, 5.74) is -1.07. The lowest BCUT2D eigenvalue weighted by molar-refractivity contribution is -0.155. The first-order valence-corrected chi connectivity index (χ1v) is 8.92. The number of carbonyl (C=O) groups is 4. The molecule has 1 aliphatic heterocycles. The summed E-state index contributed by atoms with van der Waals surface area (Å²) < 4.78 is 4.88. The fraction of sp³-hybridized carbons (Fsp3) is 0.722. The monoisotopic (exact) mass is 363 g/mol. The smallest absolute Gasteiger partial charge is 0.326 e. The van der Waals surface area contributed by atoms with Crippen LogP contribution >= 0.6 is 0 Å². The van der Waals surface area contributed by atoms with Crippen LogP contribution in [0, 0.1) is 29.1 Å². The number of nitrogens with one attached hydrogen (secondary N) is 1. The second-order valence-electron chi connectivity index (χ2n) is 7.44. The van der Waals surface area contributed by atoms with Gasteiger partial charge in [-0.15, -0.1) is 0 Å². The Morgan fingerprint density at radius 1 is 1.27 bits per heavy atom. The van der Waals surface area contributed by atoms with Gasteiger partial charge in [0.25, 0.3) is 5.91 Å². The Morgan fingerprint density at radius 2 is 1.81 bits per heavy atom. The summed E-state index contributed by atoms with van der Waals surface area (Å²) in [4.78, 5) is 49.4. The number of fused-ring (bicyclic) bond motifs is 1. The summed E-state index contributed by atoms with van der Waals surface area (Å²) in [6.07, 6.45) is 3.16. The van der Waals surface area contributed by atoms with E-state index in [2.05, 4.69) is 5.32 Å². The maximum Gasteiger partial charge on any atom is 0.326 e. The van der Waals surface area contributed by atoms with Crippen molar-refractivity contribution < 1.29 is 23.9 Å². The number of amides is 3. The molecule has 0 unspecified atom stereocenters. The van der Waals surface area contributed by atoms with Gasteiger partial charge in [-0.05, 0) is 25.7 Å². The highest BCUT2D eigenvalue weighted by Gasteiger charge is 2.48. The van der Waals surface area contributed by atoms with Gasteiger partial charge < -0.3 is 10.1 Å². The van der Waals surface area contributed by atoms with Gasteiger partial charge in [0.1, 0.15) is 12.1 Å². The molecule has 1 aliphatic carbocycles. The van der Waals surface area contributed by atoms with Crippen molar-refractivity contribution in [2.24, 2.45) is 17.8 Å². The first kappa shape index (κ1) is 19.9. The van der Waals surface area contributed by atoms with Crippen molar-refractivity contribution >= 4 is 23.7 Å². The number of nitriles is 1. The molecule has 1 saturated heterocycles. The molecule has 0 aromatic heterocycles. The molecule has 8 nitrogen and oxygen atoms in total. The fourth-order valence-corrected chi connectivity index (χ4v) is 3.33.